The fourth-order valence-corrected chi connectivity index (χ4v) is 3.85. The number of likely N-dealkylation sites (tertiary alicyclic amines) is 1. The summed E-state index contributed by atoms with van der Waals surface area (Å²) >= 11 is 12.0. The van der Waals surface area contributed by atoms with Crippen molar-refractivity contribution in [2.45, 2.75) is 38.3 Å². The molecule has 0 radical (unpaired) electrons. The Morgan fingerprint density at radius 3 is 2.50 bits per heavy atom. The number of nitrogens with one attached hydrogen (secondary N) is 2. The van der Waals surface area contributed by atoms with Gasteiger partial charge < -0.3 is 10.6 Å². The minimum Gasteiger partial charge on any atom is -0.353 e. The number of rotatable bonds is 4. The molecule has 0 aliphatic carbocycles. The molecular weight excluding hydrogens is 416 g/mol. The Labute approximate surface area is 178 Å². The van der Waals surface area contributed by atoms with E-state index in [1.165, 1.54) is 5.56 Å². The molecule has 1 aromatic rings. The molecule has 2 aliphatic heterocycles. The van der Waals surface area contributed by atoms with Gasteiger partial charge in [0.05, 0.1) is 16.0 Å². The van der Waals surface area contributed by atoms with Crippen LogP contribution in [0.3, 0.4) is 0 Å². The Kier molecular flexibility index (Phi) is 10.6. The highest BCUT2D eigenvalue weighted by molar-refractivity contribution is 6.42. The molecule has 0 aromatic heterocycles. The summed E-state index contributed by atoms with van der Waals surface area (Å²) in [6, 6.07) is 6.13. The van der Waals surface area contributed by atoms with E-state index in [9.17, 15) is 4.79 Å². The van der Waals surface area contributed by atoms with E-state index in [4.69, 9.17) is 23.2 Å². The number of hydrogen-bond donors (Lipinski definition) is 2. The van der Waals surface area contributed by atoms with E-state index in [2.05, 4.69) is 15.5 Å². The molecule has 1 aromatic carbocycles. The maximum Gasteiger partial charge on any atom is 0.224 e. The first-order valence-corrected chi connectivity index (χ1v) is 9.55. The third-order valence-electron chi connectivity index (χ3n) is 4.99. The van der Waals surface area contributed by atoms with Crippen molar-refractivity contribution in [2.75, 3.05) is 26.2 Å². The molecule has 0 saturated carbocycles. The molecule has 0 bridgehead atoms. The lowest BCUT2D eigenvalue weighted by atomic mass is 9.97. The van der Waals surface area contributed by atoms with Gasteiger partial charge in [-0.2, -0.15) is 0 Å². The minimum absolute atomic E-state index is 0. The van der Waals surface area contributed by atoms with Gasteiger partial charge >= 0.3 is 0 Å². The number of piperidine rings is 2. The van der Waals surface area contributed by atoms with Gasteiger partial charge in [-0.1, -0.05) is 29.3 Å². The molecule has 2 heterocycles. The Balaban J connectivity index is 0.00000169. The van der Waals surface area contributed by atoms with Crippen LogP contribution in [0.4, 0.5) is 0 Å². The summed E-state index contributed by atoms with van der Waals surface area (Å²) in [7, 11) is 0. The van der Waals surface area contributed by atoms with E-state index in [0.29, 0.717) is 16.1 Å². The lowest BCUT2D eigenvalue weighted by Gasteiger charge is -2.33. The molecule has 2 fully saturated rings. The number of amides is 1. The van der Waals surface area contributed by atoms with E-state index in [0.717, 1.165) is 58.4 Å². The second kappa shape index (κ2) is 11.6. The molecule has 2 N–H and O–H groups in total. The highest BCUT2D eigenvalue weighted by Crippen LogP contribution is 2.24. The van der Waals surface area contributed by atoms with Crippen molar-refractivity contribution in [3.05, 3.63) is 33.8 Å². The molecule has 8 heteroatoms. The second-order valence-corrected chi connectivity index (χ2v) is 7.67. The zero-order valence-corrected chi connectivity index (χ0v) is 17.8. The van der Waals surface area contributed by atoms with Crippen molar-refractivity contribution in [1.29, 1.82) is 0 Å². The first-order chi connectivity index (χ1) is 11.6. The summed E-state index contributed by atoms with van der Waals surface area (Å²) in [5.74, 6) is 0.373. The smallest absolute Gasteiger partial charge is 0.224 e. The van der Waals surface area contributed by atoms with E-state index in [1.54, 1.807) is 0 Å². The molecule has 0 spiro atoms. The second-order valence-electron chi connectivity index (χ2n) is 6.85. The standard InChI is InChI=1S/C18H25Cl2N3O.2ClH/c19-16-4-3-13(10-17(16)20)12-23-8-5-15(6-9-23)22-18(24)14-2-1-7-21-11-14;;/h3-4,10,14-15,21H,1-2,5-9,11-12H2,(H,22,24);2*1H. The molecule has 3 rings (SSSR count). The number of nitrogens with zero attached hydrogens (tertiary/aromatic N) is 1. The van der Waals surface area contributed by atoms with Crippen LogP contribution in [-0.4, -0.2) is 43.0 Å². The van der Waals surface area contributed by atoms with Gasteiger partial charge in [0.25, 0.3) is 0 Å². The van der Waals surface area contributed by atoms with Crippen LogP contribution in [0.5, 0.6) is 0 Å². The van der Waals surface area contributed by atoms with Gasteiger partial charge in [0.2, 0.25) is 5.91 Å². The predicted molar refractivity (Wildman–Crippen MR) is 113 cm³/mol. The van der Waals surface area contributed by atoms with Crippen molar-refractivity contribution in [1.82, 2.24) is 15.5 Å². The summed E-state index contributed by atoms with van der Waals surface area (Å²) in [6.07, 6.45) is 4.12. The third kappa shape index (κ3) is 6.74. The molecule has 148 valence electrons. The summed E-state index contributed by atoms with van der Waals surface area (Å²) < 4.78 is 0. The number of carbonyl (C=O) groups is 1. The van der Waals surface area contributed by atoms with Crippen LogP contribution in [0.1, 0.15) is 31.2 Å². The number of carbonyl (C=O) groups excluding carboxylic acids is 1. The van der Waals surface area contributed by atoms with Gasteiger partial charge in [0.1, 0.15) is 0 Å². The van der Waals surface area contributed by atoms with Crippen molar-refractivity contribution in [3.63, 3.8) is 0 Å². The van der Waals surface area contributed by atoms with Crippen LogP contribution < -0.4 is 10.6 Å². The van der Waals surface area contributed by atoms with Crippen LogP contribution in [0.25, 0.3) is 0 Å². The average Bonchev–Trinajstić information content (AvgIpc) is 2.61. The normalized spacial score (nSPS) is 21.4. The first kappa shape index (κ1) is 23.8. The number of halogens is 4. The van der Waals surface area contributed by atoms with Crippen LogP contribution in [0, 0.1) is 5.92 Å². The SMILES string of the molecule is Cl.Cl.O=C(NC1CCN(Cc2ccc(Cl)c(Cl)c2)CC1)C1CCCNC1. The zero-order valence-electron chi connectivity index (χ0n) is 14.7. The average molecular weight is 443 g/mol. The van der Waals surface area contributed by atoms with E-state index in [-0.39, 0.29) is 36.6 Å². The molecule has 1 amide bonds. The largest absolute Gasteiger partial charge is 0.353 e. The number of benzene rings is 1. The molecule has 26 heavy (non-hydrogen) atoms. The Morgan fingerprint density at radius 2 is 1.88 bits per heavy atom. The molecule has 1 atom stereocenters. The molecule has 2 aliphatic rings. The molecule has 1 unspecified atom stereocenters. The fraction of sp³-hybridized carbons (Fsp3) is 0.611. The summed E-state index contributed by atoms with van der Waals surface area (Å²) in [6.45, 7) is 4.73. The van der Waals surface area contributed by atoms with Gasteiger partial charge in [-0.05, 0) is 49.9 Å². The predicted octanol–water partition coefficient (Wildman–Crippen LogP) is 3.92. The highest BCUT2D eigenvalue weighted by Gasteiger charge is 2.25. The van der Waals surface area contributed by atoms with Gasteiger partial charge in [0, 0.05) is 32.2 Å². The van der Waals surface area contributed by atoms with Crippen molar-refractivity contribution in [2.24, 2.45) is 5.92 Å². The maximum atomic E-state index is 12.3. The highest BCUT2D eigenvalue weighted by atomic mass is 35.5. The minimum atomic E-state index is 0. The van der Waals surface area contributed by atoms with E-state index >= 15 is 0 Å². The maximum absolute atomic E-state index is 12.3. The quantitative estimate of drug-likeness (QED) is 0.742. The Bertz CT molecular complexity index is 574. The topological polar surface area (TPSA) is 44.4 Å². The lowest BCUT2D eigenvalue weighted by molar-refractivity contribution is -0.126. The van der Waals surface area contributed by atoms with Crippen molar-refractivity contribution in [3.8, 4) is 0 Å². The third-order valence-corrected chi connectivity index (χ3v) is 5.73. The van der Waals surface area contributed by atoms with Crippen molar-refractivity contribution >= 4 is 53.9 Å². The van der Waals surface area contributed by atoms with Gasteiger partial charge in [0.15, 0.2) is 0 Å². The molecule has 4 nitrogen and oxygen atoms in total. The Morgan fingerprint density at radius 1 is 1.15 bits per heavy atom. The number of hydrogen-bond acceptors (Lipinski definition) is 3. The Hall–Kier alpha value is -0.230. The van der Waals surface area contributed by atoms with Gasteiger partial charge in [-0.15, -0.1) is 24.8 Å². The van der Waals surface area contributed by atoms with E-state index in [1.807, 2.05) is 18.2 Å². The first-order valence-electron chi connectivity index (χ1n) is 8.79. The van der Waals surface area contributed by atoms with Crippen molar-refractivity contribution < 1.29 is 4.79 Å². The zero-order chi connectivity index (χ0) is 16.9. The summed E-state index contributed by atoms with van der Waals surface area (Å²) in [4.78, 5) is 14.7. The lowest BCUT2D eigenvalue weighted by Crippen LogP contribution is -2.48. The van der Waals surface area contributed by atoms with Gasteiger partial charge in [-0.3, -0.25) is 9.69 Å². The molecular formula is C18H27Cl4N3O. The summed E-state index contributed by atoms with van der Waals surface area (Å²) in [5, 5.41) is 7.76. The van der Waals surface area contributed by atoms with Crippen LogP contribution in [-0.2, 0) is 11.3 Å². The fourth-order valence-electron chi connectivity index (χ4n) is 3.53. The summed E-state index contributed by atoms with van der Waals surface area (Å²) in [5.41, 5.74) is 1.18. The van der Waals surface area contributed by atoms with E-state index < -0.39 is 0 Å². The monoisotopic (exact) mass is 441 g/mol. The van der Waals surface area contributed by atoms with Gasteiger partial charge in [-0.25, -0.2) is 0 Å². The molecule has 2 saturated heterocycles. The van der Waals surface area contributed by atoms with Crippen LogP contribution in [0.15, 0.2) is 18.2 Å². The van der Waals surface area contributed by atoms with Crippen LogP contribution >= 0.6 is 48.0 Å². The van der Waals surface area contributed by atoms with Crippen LogP contribution in [0.2, 0.25) is 10.0 Å².